The number of benzene rings is 2. The molecule has 2 unspecified atom stereocenters. The van der Waals surface area contributed by atoms with Crippen molar-refractivity contribution in [2.75, 3.05) is 11.9 Å². The van der Waals surface area contributed by atoms with Gasteiger partial charge in [-0.05, 0) is 31.0 Å². The number of likely N-dealkylation sites (tertiary alicyclic amines) is 1. The lowest BCUT2D eigenvalue weighted by Gasteiger charge is -2.22. The highest BCUT2D eigenvalue weighted by molar-refractivity contribution is 5.89. The third-order valence-corrected chi connectivity index (χ3v) is 4.13. The first-order chi connectivity index (χ1) is 10.2. The molecule has 2 aromatic rings. The van der Waals surface area contributed by atoms with Gasteiger partial charge in [-0.1, -0.05) is 48.5 Å². The Morgan fingerprint density at radius 3 is 2.33 bits per heavy atom. The normalized spacial score (nSPS) is 21.3. The Bertz CT molecular complexity index is 597. The van der Waals surface area contributed by atoms with Crippen LogP contribution < -0.4 is 5.32 Å². The molecule has 0 radical (unpaired) electrons. The molecule has 1 aliphatic rings. The van der Waals surface area contributed by atoms with Crippen molar-refractivity contribution in [3.05, 3.63) is 66.2 Å². The zero-order chi connectivity index (χ0) is 14.7. The summed E-state index contributed by atoms with van der Waals surface area (Å²) in [5.41, 5.74) is 2.16. The summed E-state index contributed by atoms with van der Waals surface area (Å²) in [6, 6.07) is 20.3. The van der Waals surface area contributed by atoms with E-state index in [-0.39, 0.29) is 12.1 Å². The van der Waals surface area contributed by atoms with Gasteiger partial charge in [-0.25, -0.2) is 4.79 Å². The van der Waals surface area contributed by atoms with Crippen LogP contribution in [0.15, 0.2) is 60.7 Å². The van der Waals surface area contributed by atoms with Gasteiger partial charge in [0.1, 0.15) is 0 Å². The van der Waals surface area contributed by atoms with E-state index in [0.29, 0.717) is 5.92 Å². The predicted molar refractivity (Wildman–Crippen MR) is 85.4 cm³/mol. The van der Waals surface area contributed by atoms with Gasteiger partial charge in [-0.2, -0.15) is 0 Å². The number of anilines is 1. The van der Waals surface area contributed by atoms with Crippen molar-refractivity contribution in [3.63, 3.8) is 0 Å². The third kappa shape index (κ3) is 3.07. The van der Waals surface area contributed by atoms with Crippen molar-refractivity contribution in [2.45, 2.75) is 25.3 Å². The number of carbonyl (C=O) groups is 1. The van der Waals surface area contributed by atoms with Gasteiger partial charge in [-0.3, -0.25) is 0 Å². The highest BCUT2D eigenvalue weighted by Gasteiger charge is 2.33. The van der Waals surface area contributed by atoms with Crippen LogP contribution in [-0.4, -0.2) is 23.5 Å². The van der Waals surface area contributed by atoms with E-state index < -0.39 is 0 Å². The average molecular weight is 280 g/mol. The smallest absolute Gasteiger partial charge is 0.321 e. The van der Waals surface area contributed by atoms with Crippen LogP contribution in [0.2, 0.25) is 0 Å². The number of nitrogens with one attached hydrogen (secondary N) is 1. The third-order valence-electron chi connectivity index (χ3n) is 4.13. The molecule has 1 fully saturated rings. The zero-order valence-electron chi connectivity index (χ0n) is 12.2. The molecular formula is C18H20N2O. The molecule has 3 heteroatoms. The van der Waals surface area contributed by atoms with Gasteiger partial charge in [0.25, 0.3) is 0 Å². The van der Waals surface area contributed by atoms with E-state index in [1.54, 1.807) is 0 Å². The van der Waals surface area contributed by atoms with Gasteiger partial charge in [-0.15, -0.1) is 0 Å². The lowest BCUT2D eigenvalue weighted by Crippen LogP contribution is -2.37. The summed E-state index contributed by atoms with van der Waals surface area (Å²) < 4.78 is 0. The molecule has 0 saturated carbocycles. The first-order valence-corrected chi connectivity index (χ1v) is 7.41. The molecule has 3 nitrogen and oxygen atoms in total. The molecule has 108 valence electrons. The maximum atomic E-state index is 12.4. The quantitative estimate of drug-likeness (QED) is 0.882. The van der Waals surface area contributed by atoms with Gasteiger partial charge in [0, 0.05) is 24.2 Å². The van der Waals surface area contributed by atoms with Gasteiger partial charge >= 0.3 is 6.03 Å². The van der Waals surface area contributed by atoms with Crippen molar-refractivity contribution in [1.82, 2.24) is 4.90 Å². The molecule has 2 aromatic carbocycles. The Morgan fingerprint density at radius 1 is 1.05 bits per heavy atom. The number of hydrogen-bond acceptors (Lipinski definition) is 1. The second-order valence-corrected chi connectivity index (χ2v) is 5.64. The average Bonchev–Trinajstić information content (AvgIpc) is 2.91. The van der Waals surface area contributed by atoms with Crippen molar-refractivity contribution >= 4 is 11.7 Å². The lowest BCUT2D eigenvalue weighted by molar-refractivity contribution is 0.209. The van der Waals surface area contributed by atoms with Gasteiger partial charge in [0.15, 0.2) is 0 Å². The van der Waals surface area contributed by atoms with E-state index in [9.17, 15) is 4.79 Å². The Balaban J connectivity index is 1.68. The molecule has 0 aliphatic carbocycles. The standard InChI is InChI=1S/C18H20N2O/c1-14-12-16(15-8-4-2-5-9-15)13-20(14)18(21)19-17-10-6-3-7-11-17/h2-11,14,16H,12-13H2,1H3,(H,19,21). The van der Waals surface area contributed by atoms with Crippen LogP contribution in [0.4, 0.5) is 10.5 Å². The van der Waals surface area contributed by atoms with E-state index in [2.05, 4.69) is 36.5 Å². The summed E-state index contributed by atoms with van der Waals surface area (Å²) >= 11 is 0. The zero-order valence-corrected chi connectivity index (χ0v) is 12.2. The minimum Gasteiger partial charge on any atom is -0.321 e. The minimum absolute atomic E-state index is 0.00729. The molecule has 0 aromatic heterocycles. The molecule has 2 amide bonds. The maximum Gasteiger partial charge on any atom is 0.322 e. The summed E-state index contributed by atoms with van der Waals surface area (Å²) in [4.78, 5) is 14.4. The molecule has 0 bridgehead atoms. The summed E-state index contributed by atoms with van der Waals surface area (Å²) in [6.07, 6.45) is 1.02. The van der Waals surface area contributed by atoms with E-state index in [4.69, 9.17) is 0 Å². The maximum absolute atomic E-state index is 12.4. The van der Waals surface area contributed by atoms with Crippen molar-refractivity contribution in [3.8, 4) is 0 Å². The second-order valence-electron chi connectivity index (χ2n) is 5.64. The fourth-order valence-corrected chi connectivity index (χ4v) is 3.00. The number of urea groups is 1. The molecule has 0 spiro atoms. The van der Waals surface area contributed by atoms with Crippen LogP contribution >= 0.6 is 0 Å². The molecule has 1 N–H and O–H groups in total. The fourth-order valence-electron chi connectivity index (χ4n) is 3.00. The molecule has 1 saturated heterocycles. The topological polar surface area (TPSA) is 32.3 Å². The van der Waals surface area contributed by atoms with Crippen LogP contribution in [0.5, 0.6) is 0 Å². The van der Waals surface area contributed by atoms with E-state index >= 15 is 0 Å². The van der Waals surface area contributed by atoms with Crippen molar-refractivity contribution in [1.29, 1.82) is 0 Å². The molecule has 1 aliphatic heterocycles. The summed E-state index contributed by atoms with van der Waals surface area (Å²) in [5, 5.41) is 2.97. The largest absolute Gasteiger partial charge is 0.322 e. The van der Waals surface area contributed by atoms with Gasteiger partial charge in [0.2, 0.25) is 0 Å². The van der Waals surface area contributed by atoms with Crippen molar-refractivity contribution < 1.29 is 4.79 Å². The first kappa shape index (κ1) is 13.7. The summed E-state index contributed by atoms with van der Waals surface area (Å²) in [6.45, 7) is 2.90. The number of rotatable bonds is 2. The second kappa shape index (κ2) is 6.00. The molecule has 3 rings (SSSR count). The fraction of sp³-hybridized carbons (Fsp3) is 0.278. The van der Waals surface area contributed by atoms with Gasteiger partial charge in [0.05, 0.1) is 0 Å². The van der Waals surface area contributed by atoms with Crippen LogP contribution in [-0.2, 0) is 0 Å². The number of hydrogen-bond donors (Lipinski definition) is 1. The number of amides is 2. The van der Waals surface area contributed by atoms with E-state index in [0.717, 1.165) is 18.7 Å². The number of carbonyl (C=O) groups excluding carboxylic acids is 1. The van der Waals surface area contributed by atoms with E-state index in [1.165, 1.54) is 5.56 Å². The summed E-state index contributed by atoms with van der Waals surface area (Å²) in [5.74, 6) is 0.433. The Hall–Kier alpha value is -2.29. The SMILES string of the molecule is CC1CC(c2ccccc2)CN1C(=O)Nc1ccccc1. The Labute approximate surface area is 125 Å². The molecule has 2 atom stereocenters. The lowest BCUT2D eigenvalue weighted by atomic mass is 9.97. The minimum atomic E-state index is -0.00729. The highest BCUT2D eigenvalue weighted by Crippen LogP contribution is 2.31. The Morgan fingerprint density at radius 2 is 1.67 bits per heavy atom. The summed E-state index contributed by atoms with van der Waals surface area (Å²) in [7, 11) is 0. The monoisotopic (exact) mass is 280 g/mol. The van der Waals surface area contributed by atoms with Crippen LogP contribution in [0.3, 0.4) is 0 Å². The highest BCUT2D eigenvalue weighted by atomic mass is 16.2. The predicted octanol–water partition coefficient (Wildman–Crippen LogP) is 4.10. The van der Waals surface area contributed by atoms with Crippen LogP contribution in [0, 0.1) is 0 Å². The first-order valence-electron chi connectivity index (χ1n) is 7.41. The van der Waals surface area contributed by atoms with Crippen molar-refractivity contribution in [2.24, 2.45) is 0 Å². The van der Waals surface area contributed by atoms with Crippen LogP contribution in [0.1, 0.15) is 24.8 Å². The molecule has 1 heterocycles. The molecular weight excluding hydrogens is 260 g/mol. The van der Waals surface area contributed by atoms with Gasteiger partial charge < -0.3 is 10.2 Å². The molecule has 21 heavy (non-hydrogen) atoms. The van der Waals surface area contributed by atoms with E-state index in [1.807, 2.05) is 41.3 Å². The Kier molecular flexibility index (Phi) is 3.91. The van der Waals surface area contributed by atoms with Crippen LogP contribution in [0.25, 0.3) is 0 Å². The number of nitrogens with zero attached hydrogens (tertiary/aromatic N) is 1. The number of para-hydroxylation sites is 1.